The fraction of sp³-hybridized carbons (Fsp3) is 0.333. The van der Waals surface area contributed by atoms with Gasteiger partial charge in [0.15, 0.2) is 0 Å². The third kappa shape index (κ3) is 1.98. The molecule has 14 heavy (non-hydrogen) atoms. The Labute approximate surface area is 88.4 Å². The van der Waals surface area contributed by atoms with Gasteiger partial charge in [0.25, 0.3) is 0 Å². The van der Waals surface area contributed by atoms with Gasteiger partial charge in [-0.15, -0.1) is 11.6 Å². The second-order valence-electron chi connectivity index (χ2n) is 3.91. The third-order valence-corrected chi connectivity index (χ3v) is 3.09. The van der Waals surface area contributed by atoms with E-state index in [1.165, 1.54) is 6.07 Å². The fourth-order valence-electron chi connectivity index (χ4n) is 1.54. The molecule has 1 fully saturated rings. The molecule has 0 radical (unpaired) electrons. The predicted molar refractivity (Wildman–Crippen MR) is 57.9 cm³/mol. The molecule has 0 aliphatic heterocycles. The van der Waals surface area contributed by atoms with Gasteiger partial charge in [0.05, 0.1) is 0 Å². The van der Waals surface area contributed by atoms with E-state index in [4.69, 9.17) is 11.6 Å². The molecular weight excluding hydrogens is 199 g/mol. The van der Waals surface area contributed by atoms with Crippen molar-refractivity contribution in [1.29, 1.82) is 0 Å². The zero-order valence-corrected chi connectivity index (χ0v) is 8.65. The number of hydrogen-bond donors (Lipinski definition) is 0. The summed E-state index contributed by atoms with van der Waals surface area (Å²) in [5.41, 5.74) is 1.40. The highest BCUT2D eigenvalue weighted by Crippen LogP contribution is 2.48. The smallest absolute Gasteiger partial charge is 0.130 e. The molecule has 0 unspecified atom stereocenters. The van der Waals surface area contributed by atoms with Gasteiger partial charge in [0.2, 0.25) is 0 Å². The van der Waals surface area contributed by atoms with Crippen molar-refractivity contribution < 1.29 is 4.39 Å². The molecular formula is C12H12ClF. The number of allylic oxidation sites excluding steroid dienone is 1. The van der Waals surface area contributed by atoms with Crippen molar-refractivity contribution in [3.63, 3.8) is 0 Å². The Bertz CT molecular complexity index is 366. The van der Waals surface area contributed by atoms with E-state index in [1.54, 1.807) is 12.1 Å². The highest BCUT2D eigenvalue weighted by atomic mass is 35.5. The van der Waals surface area contributed by atoms with Gasteiger partial charge in [-0.2, -0.15) is 0 Å². The Morgan fingerprint density at radius 1 is 1.43 bits per heavy atom. The van der Waals surface area contributed by atoms with Crippen LogP contribution in [-0.2, 0) is 0 Å². The summed E-state index contributed by atoms with van der Waals surface area (Å²) in [6.45, 7) is 3.89. The quantitative estimate of drug-likeness (QED) is 0.662. The Hall–Kier alpha value is -0.820. The van der Waals surface area contributed by atoms with Crippen LogP contribution < -0.4 is 0 Å². The van der Waals surface area contributed by atoms with Gasteiger partial charge in [0, 0.05) is 10.4 Å². The first-order chi connectivity index (χ1) is 6.61. The van der Waals surface area contributed by atoms with Crippen molar-refractivity contribution in [2.75, 3.05) is 0 Å². The summed E-state index contributed by atoms with van der Waals surface area (Å²) in [4.78, 5) is -0.126. The van der Waals surface area contributed by atoms with Gasteiger partial charge in [-0.25, -0.2) is 4.39 Å². The van der Waals surface area contributed by atoms with Crippen LogP contribution in [0.25, 0.3) is 5.57 Å². The average Bonchev–Trinajstić information content (AvgIpc) is 2.84. The van der Waals surface area contributed by atoms with E-state index in [-0.39, 0.29) is 10.7 Å². The lowest BCUT2D eigenvalue weighted by Crippen LogP contribution is -1.99. The van der Waals surface area contributed by atoms with Gasteiger partial charge >= 0.3 is 0 Å². The molecule has 1 aromatic rings. The second kappa shape index (κ2) is 3.39. The molecule has 1 aromatic carbocycles. The van der Waals surface area contributed by atoms with Crippen molar-refractivity contribution >= 4 is 17.2 Å². The van der Waals surface area contributed by atoms with Crippen molar-refractivity contribution in [3.05, 3.63) is 42.2 Å². The molecule has 0 bridgehead atoms. The van der Waals surface area contributed by atoms with Crippen molar-refractivity contribution in [2.24, 2.45) is 0 Å². The highest BCUT2D eigenvalue weighted by Gasteiger charge is 2.40. The Morgan fingerprint density at radius 3 is 2.64 bits per heavy atom. The van der Waals surface area contributed by atoms with Crippen LogP contribution >= 0.6 is 11.6 Å². The van der Waals surface area contributed by atoms with Crippen LogP contribution in [0.4, 0.5) is 4.39 Å². The van der Waals surface area contributed by atoms with Crippen LogP contribution in [0.2, 0.25) is 0 Å². The molecule has 2 heteroatoms. The monoisotopic (exact) mass is 210 g/mol. The highest BCUT2D eigenvalue weighted by molar-refractivity contribution is 6.26. The topological polar surface area (TPSA) is 0 Å². The lowest BCUT2D eigenvalue weighted by molar-refractivity contribution is 0.623. The minimum atomic E-state index is -0.210. The van der Waals surface area contributed by atoms with Crippen LogP contribution in [0.15, 0.2) is 30.8 Å². The standard InChI is InChI=1S/C12H12ClF/c1-9(8-12(13)6-7-12)10-4-2-3-5-11(10)14/h2-5H,1,6-8H2. The zero-order chi connectivity index (χ0) is 10.2. The minimum Gasteiger partial charge on any atom is -0.206 e. The fourth-order valence-corrected chi connectivity index (χ4v) is 1.79. The number of benzene rings is 1. The molecule has 0 amide bonds. The van der Waals surface area contributed by atoms with E-state index in [0.717, 1.165) is 18.4 Å². The van der Waals surface area contributed by atoms with E-state index in [2.05, 4.69) is 6.58 Å². The summed E-state index contributed by atoms with van der Waals surface area (Å²) in [7, 11) is 0. The lowest BCUT2D eigenvalue weighted by atomic mass is 10.0. The third-order valence-electron chi connectivity index (χ3n) is 2.58. The van der Waals surface area contributed by atoms with Gasteiger partial charge < -0.3 is 0 Å². The first-order valence-corrected chi connectivity index (χ1v) is 5.10. The number of rotatable bonds is 3. The first kappa shape index (κ1) is 9.72. The van der Waals surface area contributed by atoms with Gasteiger partial charge in [-0.05, 0) is 30.9 Å². The summed E-state index contributed by atoms with van der Waals surface area (Å²) in [5, 5.41) is 0. The maximum absolute atomic E-state index is 13.3. The first-order valence-electron chi connectivity index (χ1n) is 4.72. The predicted octanol–water partition coefficient (Wildman–Crippen LogP) is 4.00. The van der Waals surface area contributed by atoms with Crippen LogP contribution in [0, 0.1) is 5.82 Å². The molecule has 2 rings (SSSR count). The molecule has 74 valence electrons. The van der Waals surface area contributed by atoms with Crippen LogP contribution in [0.3, 0.4) is 0 Å². The largest absolute Gasteiger partial charge is 0.206 e. The molecule has 0 atom stereocenters. The van der Waals surface area contributed by atoms with E-state index in [0.29, 0.717) is 12.0 Å². The van der Waals surface area contributed by atoms with Crippen LogP contribution in [0.1, 0.15) is 24.8 Å². The number of hydrogen-bond acceptors (Lipinski definition) is 0. The molecule has 0 spiro atoms. The Balaban J connectivity index is 2.15. The number of halogens is 2. The summed E-state index contributed by atoms with van der Waals surface area (Å²) in [5.74, 6) is -0.210. The molecule has 0 nitrogen and oxygen atoms in total. The summed E-state index contributed by atoms with van der Waals surface area (Å²) >= 11 is 6.16. The van der Waals surface area contributed by atoms with E-state index in [9.17, 15) is 4.39 Å². The SMILES string of the molecule is C=C(CC1(Cl)CC1)c1ccccc1F. The lowest BCUT2D eigenvalue weighted by Gasteiger charge is -2.10. The van der Waals surface area contributed by atoms with E-state index in [1.807, 2.05) is 6.07 Å². The van der Waals surface area contributed by atoms with Crippen molar-refractivity contribution in [2.45, 2.75) is 24.1 Å². The molecule has 0 saturated heterocycles. The minimum absolute atomic E-state index is 0.126. The maximum Gasteiger partial charge on any atom is 0.130 e. The molecule has 1 aliphatic carbocycles. The Morgan fingerprint density at radius 2 is 2.07 bits per heavy atom. The zero-order valence-electron chi connectivity index (χ0n) is 7.89. The van der Waals surface area contributed by atoms with E-state index < -0.39 is 0 Å². The second-order valence-corrected chi connectivity index (χ2v) is 4.71. The average molecular weight is 211 g/mol. The maximum atomic E-state index is 13.3. The molecule has 1 aliphatic rings. The van der Waals surface area contributed by atoms with Crippen LogP contribution in [-0.4, -0.2) is 4.87 Å². The van der Waals surface area contributed by atoms with Crippen LogP contribution in [0.5, 0.6) is 0 Å². The molecule has 0 N–H and O–H groups in total. The molecule has 0 aromatic heterocycles. The van der Waals surface area contributed by atoms with Gasteiger partial charge in [-0.1, -0.05) is 24.8 Å². The summed E-state index contributed by atoms with van der Waals surface area (Å²) < 4.78 is 13.3. The van der Waals surface area contributed by atoms with Crippen molar-refractivity contribution in [3.8, 4) is 0 Å². The van der Waals surface area contributed by atoms with Gasteiger partial charge in [0.1, 0.15) is 5.82 Å². The van der Waals surface area contributed by atoms with Gasteiger partial charge in [-0.3, -0.25) is 0 Å². The normalized spacial score (nSPS) is 17.9. The molecule has 0 heterocycles. The van der Waals surface area contributed by atoms with E-state index >= 15 is 0 Å². The Kier molecular flexibility index (Phi) is 2.36. The van der Waals surface area contributed by atoms with Crippen molar-refractivity contribution in [1.82, 2.24) is 0 Å². The summed E-state index contributed by atoms with van der Waals surface area (Å²) in [6.07, 6.45) is 2.72. The number of alkyl halides is 1. The molecule has 1 saturated carbocycles. The summed E-state index contributed by atoms with van der Waals surface area (Å²) in [6, 6.07) is 6.70.